The van der Waals surface area contributed by atoms with E-state index in [1.807, 2.05) is 11.0 Å². The first kappa shape index (κ1) is 17.5. The number of carbonyl (C=O) groups excluding carboxylic acids is 2. The van der Waals surface area contributed by atoms with Crippen LogP contribution in [0.4, 0.5) is 0 Å². The van der Waals surface area contributed by atoms with Crippen LogP contribution < -0.4 is 0 Å². The molecule has 7 heteroatoms. The number of hydrogen-bond acceptors (Lipinski definition) is 4. The highest BCUT2D eigenvalue weighted by Crippen LogP contribution is 2.31. The molecule has 2 amide bonds. The largest absolute Gasteiger partial charge is 0.378 e. The van der Waals surface area contributed by atoms with Gasteiger partial charge in [0.15, 0.2) is 0 Å². The van der Waals surface area contributed by atoms with Crippen molar-refractivity contribution in [1.82, 2.24) is 20.0 Å². The van der Waals surface area contributed by atoms with Gasteiger partial charge in [0.2, 0.25) is 5.91 Å². The van der Waals surface area contributed by atoms with Gasteiger partial charge in [0, 0.05) is 43.7 Å². The van der Waals surface area contributed by atoms with Crippen molar-refractivity contribution in [3.63, 3.8) is 0 Å². The number of piperidine rings is 1. The van der Waals surface area contributed by atoms with Crippen molar-refractivity contribution in [3.8, 4) is 0 Å². The third kappa shape index (κ3) is 3.63. The monoisotopic (exact) mass is 360 g/mol. The molecule has 4 rings (SSSR count). The molecule has 1 aliphatic carbocycles. The Morgan fingerprint density at radius 3 is 2.58 bits per heavy atom. The Morgan fingerprint density at radius 1 is 1.04 bits per heavy atom. The molecule has 1 aromatic rings. The maximum Gasteiger partial charge on any atom is 0.274 e. The number of aromatic nitrogens is 2. The zero-order valence-electron chi connectivity index (χ0n) is 15.3. The maximum atomic E-state index is 12.7. The summed E-state index contributed by atoms with van der Waals surface area (Å²) < 4.78 is 5.30. The van der Waals surface area contributed by atoms with Crippen LogP contribution in [0.5, 0.6) is 0 Å². The molecule has 7 nitrogen and oxygen atoms in total. The molecule has 0 aromatic carbocycles. The van der Waals surface area contributed by atoms with Crippen LogP contribution in [0.15, 0.2) is 6.07 Å². The highest BCUT2D eigenvalue weighted by molar-refractivity contribution is 5.92. The molecule has 1 atom stereocenters. The Labute approximate surface area is 154 Å². The van der Waals surface area contributed by atoms with Gasteiger partial charge in [-0.3, -0.25) is 14.7 Å². The van der Waals surface area contributed by atoms with Crippen molar-refractivity contribution >= 4 is 11.8 Å². The number of morpholine rings is 1. The summed E-state index contributed by atoms with van der Waals surface area (Å²) in [5.74, 6) is 0.767. The molecule has 0 bridgehead atoms. The van der Waals surface area contributed by atoms with Crippen LogP contribution in [0.2, 0.25) is 0 Å². The molecule has 142 valence electrons. The summed E-state index contributed by atoms with van der Waals surface area (Å²) in [6.07, 6.45) is 6.49. The first-order valence-corrected chi connectivity index (χ1v) is 9.93. The van der Waals surface area contributed by atoms with Crippen molar-refractivity contribution in [2.75, 3.05) is 39.4 Å². The predicted octanol–water partition coefficient (Wildman–Crippen LogP) is 1.78. The summed E-state index contributed by atoms with van der Waals surface area (Å²) in [5.41, 5.74) is 1.45. The van der Waals surface area contributed by atoms with E-state index in [1.54, 1.807) is 4.90 Å². The first-order valence-electron chi connectivity index (χ1n) is 9.93. The number of H-pyrrole nitrogens is 1. The lowest BCUT2D eigenvalue weighted by atomic mass is 9.93. The third-order valence-electron chi connectivity index (χ3n) is 5.99. The zero-order chi connectivity index (χ0) is 17.9. The number of ether oxygens (including phenoxy) is 1. The minimum Gasteiger partial charge on any atom is -0.378 e. The molecule has 3 fully saturated rings. The molecular formula is C19H28N4O3. The highest BCUT2D eigenvalue weighted by Gasteiger charge is 2.32. The number of aromatic amines is 1. The minimum absolute atomic E-state index is 0.0366. The summed E-state index contributed by atoms with van der Waals surface area (Å²) in [7, 11) is 0. The fourth-order valence-corrected chi connectivity index (χ4v) is 4.45. The molecule has 1 saturated carbocycles. The average Bonchev–Trinajstić information content (AvgIpc) is 3.40. The molecule has 0 spiro atoms. The summed E-state index contributed by atoms with van der Waals surface area (Å²) in [5, 5.41) is 7.31. The van der Waals surface area contributed by atoms with E-state index < -0.39 is 0 Å². The highest BCUT2D eigenvalue weighted by atomic mass is 16.5. The van der Waals surface area contributed by atoms with Crippen LogP contribution in [0, 0.1) is 5.92 Å². The second-order valence-electron chi connectivity index (χ2n) is 7.72. The Kier molecular flexibility index (Phi) is 5.24. The number of hydrogen-bond donors (Lipinski definition) is 1. The van der Waals surface area contributed by atoms with Crippen LogP contribution in [0.1, 0.15) is 60.6 Å². The lowest BCUT2D eigenvalue weighted by molar-refractivity contribution is -0.136. The molecule has 1 aromatic heterocycles. The number of rotatable bonds is 3. The van der Waals surface area contributed by atoms with Crippen LogP contribution in [-0.2, 0) is 9.53 Å². The second-order valence-corrected chi connectivity index (χ2v) is 7.72. The van der Waals surface area contributed by atoms with Gasteiger partial charge >= 0.3 is 0 Å². The van der Waals surface area contributed by atoms with Crippen molar-refractivity contribution in [2.45, 2.75) is 44.4 Å². The molecule has 2 aliphatic heterocycles. The summed E-state index contributed by atoms with van der Waals surface area (Å²) in [6, 6.07) is 1.88. The van der Waals surface area contributed by atoms with Gasteiger partial charge in [-0.1, -0.05) is 12.8 Å². The minimum atomic E-state index is -0.0366. The number of likely N-dealkylation sites (tertiary alicyclic amines) is 1. The number of carbonyl (C=O) groups is 2. The predicted molar refractivity (Wildman–Crippen MR) is 95.8 cm³/mol. The molecule has 3 aliphatic rings. The summed E-state index contributed by atoms with van der Waals surface area (Å²) >= 11 is 0. The fraction of sp³-hybridized carbons (Fsp3) is 0.737. The molecular weight excluding hydrogens is 332 g/mol. The molecule has 0 radical (unpaired) electrons. The molecule has 26 heavy (non-hydrogen) atoms. The summed E-state index contributed by atoms with van der Waals surface area (Å²) in [6.45, 7) is 4.01. The third-order valence-corrected chi connectivity index (χ3v) is 5.99. The molecule has 1 unspecified atom stereocenters. The lowest BCUT2D eigenvalue weighted by Gasteiger charge is -2.34. The van der Waals surface area contributed by atoms with Gasteiger partial charge < -0.3 is 14.5 Å². The van der Waals surface area contributed by atoms with E-state index in [0.29, 0.717) is 37.9 Å². The van der Waals surface area contributed by atoms with Gasteiger partial charge in [0.25, 0.3) is 5.91 Å². The molecule has 3 heterocycles. The lowest BCUT2D eigenvalue weighted by Crippen LogP contribution is -2.42. The van der Waals surface area contributed by atoms with Gasteiger partial charge in [-0.2, -0.15) is 5.10 Å². The Bertz CT molecular complexity index is 647. The van der Waals surface area contributed by atoms with Crippen molar-refractivity contribution in [2.24, 2.45) is 5.92 Å². The topological polar surface area (TPSA) is 78.5 Å². The average molecular weight is 360 g/mol. The summed E-state index contributed by atoms with van der Waals surface area (Å²) in [4.78, 5) is 29.1. The van der Waals surface area contributed by atoms with E-state index in [2.05, 4.69) is 10.2 Å². The Morgan fingerprint density at radius 2 is 1.81 bits per heavy atom. The number of nitrogens with zero attached hydrogens (tertiary/aromatic N) is 3. The van der Waals surface area contributed by atoms with Crippen molar-refractivity contribution < 1.29 is 14.3 Å². The van der Waals surface area contributed by atoms with Crippen LogP contribution in [-0.4, -0.2) is 71.2 Å². The molecule has 1 N–H and O–H groups in total. The van der Waals surface area contributed by atoms with Crippen LogP contribution >= 0.6 is 0 Å². The van der Waals surface area contributed by atoms with E-state index in [4.69, 9.17) is 4.74 Å². The number of amides is 2. The van der Waals surface area contributed by atoms with Gasteiger partial charge in [-0.05, 0) is 31.7 Å². The van der Waals surface area contributed by atoms with Crippen molar-refractivity contribution in [1.29, 1.82) is 0 Å². The fourth-order valence-electron chi connectivity index (χ4n) is 4.45. The van der Waals surface area contributed by atoms with Gasteiger partial charge in [0.05, 0.1) is 13.2 Å². The van der Waals surface area contributed by atoms with Crippen LogP contribution in [0.3, 0.4) is 0 Å². The quantitative estimate of drug-likeness (QED) is 0.891. The smallest absolute Gasteiger partial charge is 0.274 e. The van der Waals surface area contributed by atoms with Gasteiger partial charge in [0.1, 0.15) is 5.69 Å². The Hall–Kier alpha value is -1.89. The van der Waals surface area contributed by atoms with Crippen LogP contribution in [0.25, 0.3) is 0 Å². The van der Waals surface area contributed by atoms with E-state index in [0.717, 1.165) is 44.5 Å². The van der Waals surface area contributed by atoms with E-state index in [9.17, 15) is 9.59 Å². The van der Waals surface area contributed by atoms with Gasteiger partial charge in [-0.15, -0.1) is 0 Å². The molecule has 2 saturated heterocycles. The van der Waals surface area contributed by atoms with Gasteiger partial charge in [-0.25, -0.2) is 0 Å². The standard InChI is InChI=1S/C19H28N4O3/c24-18(14-4-1-2-5-14)23-7-3-6-15(13-23)16-12-17(21-20-16)19(25)22-8-10-26-11-9-22/h12,14-15H,1-11,13H2,(H,20,21). The normalized spacial score (nSPS) is 24.8. The van der Waals surface area contributed by atoms with Crippen molar-refractivity contribution in [3.05, 3.63) is 17.5 Å². The second kappa shape index (κ2) is 7.78. The first-order chi connectivity index (χ1) is 12.7. The number of nitrogens with one attached hydrogen (secondary N) is 1. The maximum absolute atomic E-state index is 12.7. The van der Waals surface area contributed by atoms with E-state index in [-0.39, 0.29) is 17.7 Å². The SMILES string of the molecule is O=C(c1cc(C2CCCN(C(=O)C3CCCC3)C2)[nH]n1)N1CCOCC1. The van der Waals surface area contributed by atoms with E-state index >= 15 is 0 Å². The Balaban J connectivity index is 1.40. The van der Waals surface area contributed by atoms with E-state index in [1.165, 1.54) is 12.8 Å². The zero-order valence-corrected chi connectivity index (χ0v) is 15.3.